The molecule has 3 N–H and O–H groups in total. The Bertz CT molecular complexity index is 745. The van der Waals surface area contributed by atoms with Crippen LogP contribution in [0.5, 0.6) is 0 Å². The Hall–Kier alpha value is -2.55. The lowest BCUT2D eigenvalue weighted by Gasteiger charge is -2.24. The van der Waals surface area contributed by atoms with Crippen LogP contribution in [0.25, 0.3) is 0 Å². The maximum atomic E-state index is 13.9. The zero-order valence-corrected chi connectivity index (χ0v) is 14.2. The van der Waals surface area contributed by atoms with Gasteiger partial charge in [-0.15, -0.1) is 0 Å². The van der Waals surface area contributed by atoms with Gasteiger partial charge < -0.3 is 15.6 Å². The third-order valence-electron chi connectivity index (χ3n) is 4.46. The first-order valence-electron chi connectivity index (χ1n) is 8.10. The molecule has 1 aliphatic rings. The van der Waals surface area contributed by atoms with E-state index in [-0.39, 0.29) is 17.6 Å². The molecule has 0 aliphatic carbocycles. The molecule has 0 radical (unpaired) electrons. The molecular formula is C16H21FN6O2. The molecule has 1 amide bonds. The highest BCUT2D eigenvalue weighted by Gasteiger charge is 2.33. The van der Waals surface area contributed by atoms with Gasteiger partial charge in [0.15, 0.2) is 11.5 Å². The Morgan fingerprint density at radius 3 is 2.88 bits per heavy atom. The second-order valence-corrected chi connectivity index (χ2v) is 6.22. The number of nitrogen functional groups attached to an aromatic ring is 1. The summed E-state index contributed by atoms with van der Waals surface area (Å²) in [5, 5.41) is 6.70. The monoisotopic (exact) mass is 348 g/mol. The molecule has 134 valence electrons. The van der Waals surface area contributed by atoms with Crippen LogP contribution < -0.4 is 11.1 Å². The van der Waals surface area contributed by atoms with Gasteiger partial charge in [-0.25, -0.2) is 14.4 Å². The summed E-state index contributed by atoms with van der Waals surface area (Å²) in [6.45, 7) is 4.86. The van der Waals surface area contributed by atoms with Crippen molar-refractivity contribution in [3.8, 4) is 0 Å². The third kappa shape index (κ3) is 3.76. The first-order valence-corrected chi connectivity index (χ1v) is 8.10. The summed E-state index contributed by atoms with van der Waals surface area (Å²) in [5.74, 6) is 0.391. The number of nitrogens with zero attached hydrogens (tertiary/aromatic N) is 4. The van der Waals surface area contributed by atoms with Gasteiger partial charge >= 0.3 is 0 Å². The number of hydrogen-bond acceptors (Lipinski definition) is 7. The number of aryl methyl sites for hydroxylation is 2. The van der Waals surface area contributed by atoms with Crippen LogP contribution in [0.15, 0.2) is 16.9 Å². The number of aromatic nitrogens is 3. The van der Waals surface area contributed by atoms with Crippen LogP contribution in [0.1, 0.15) is 33.9 Å². The van der Waals surface area contributed by atoms with Gasteiger partial charge in [0, 0.05) is 43.6 Å². The number of rotatable bonds is 5. The molecule has 2 atom stereocenters. The van der Waals surface area contributed by atoms with E-state index in [0.29, 0.717) is 26.1 Å². The molecular weight excluding hydrogens is 327 g/mol. The highest BCUT2D eigenvalue weighted by Crippen LogP contribution is 2.24. The fourth-order valence-corrected chi connectivity index (χ4v) is 3.08. The average Bonchev–Trinajstić information content (AvgIpc) is 3.09. The molecule has 0 aromatic carbocycles. The molecule has 0 bridgehead atoms. The molecule has 2 aromatic heterocycles. The zero-order valence-electron chi connectivity index (χ0n) is 14.2. The van der Waals surface area contributed by atoms with E-state index in [1.165, 1.54) is 12.4 Å². The van der Waals surface area contributed by atoms with E-state index in [4.69, 9.17) is 10.3 Å². The first kappa shape index (κ1) is 17.3. The average molecular weight is 348 g/mol. The van der Waals surface area contributed by atoms with Crippen LogP contribution in [0.3, 0.4) is 0 Å². The second kappa shape index (κ2) is 7.14. The number of halogens is 1. The van der Waals surface area contributed by atoms with Crippen LogP contribution >= 0.6 is 0 Å². The lowest BCUT2D eigenvalue weighted by molar-refractivity contribution is 0.0935. The number of likely N-dealkylation sites (tertiary alicyclic amines) is 1. The van der Waals surface area contributed by atoms with Crippen molar-refractivity contribution < 1.29 is 13.7 Å². The van der Waals surface area contributed by atoms with Crippen molar-refractivity contribution in [1.29, 1.82) is 0 Å². The highest BCUT2D eigenvalue weighted by atomic mass is 19.1. The lowest BCUT2D eigenvalue weighted by atomic mass is 10.1. The van der Waals surface area contributed by atoms with Crippen LogP contribution in [-0.2, 0) is 6.54 Å². The minimum absolute atomic E-state index is 0.0716. The topological polar surface area (TPSA) is 110 Å². The van der Waals surface area contributed by atoms with Gasteiger partial charge in [0.1, 0.15) is 11.9 Å². The quantitative estimate of drug-likeness (QED) is 0.829. The molecule has 8 nitrogen and oxygen atoms in total. The second-order valence-electron chi connectivity index (χ2n) is 6.22. The zero-order chi connectivity index (χ0) is 18.0. The third-order valence-corrected chi connectivity index (χ3v) is 4.46. The SMILES string of the molecule is Cc1noc(C)c1CN1C[C@@H](F)C[C@H]1CNC(=O)c1nccnc1N. The molecule has 25 heavy (non-hydrogen) atoms. The van der Waals surface area contributed by atoms with Crippen LogP contribution in [0, 0.1) is 13.8 Å². The van der Waals surface area contributed by atoms with Gasteiger partial charge in [0.25, 0.3) is 5.91 Å². The predicted octanol–water partition coefficient (Wildman–Crippen LogP) is 1.01. The number of nitrogens with one attached hydrogen (secondary N) is 1. The van der Waals surface area contributed by atoms with Crippen LogP contribution in [0.2, 0.25) is 0 Å². The molecule has 1 saturated heterocycles. The molecule has 0 spiro atoms. The van der Waals surface area contributed by atoms with Crippen molar-refractivity contribution in [3.05, 3.63) is 35.1 Å². The van der Waals surface area contributed by atoms with Crippen molar-refractivity contribution in [3.63, 3.8) is 0 Å². The standard InChI is InChI=1S/C16H21FN6O2/c1-9-13(10(2)25-22-9)8-23-7-11(17)5-12(23)6-21-16(24)14-15(18)20-4-3-19-14/h3-4,11-12H,5-8H2,1-2H3,(H2,18,20)(H,21,24)/t11-,12-/m0/s1. The first-order chi connectivity index (χ1) is 12.0. The molecule has 1 aliphatic heterocycles. The van der Waals surface area contributed by atoms with Crippen molar-refractivity contribution in [2.75, 3.05) is 18.8 Å². The number of alkyl halides is 1. The van der Waals surface area contributed by atoms with E-state index in [0.717, 1.165) is 17.0 Å². The Morgan fingerprint density at radius 1 is 1.44 bits per heavy atom. The Balaban J connectivity index is 1.64. The summed E-state index contributed by atoms with van der Waals surface area (Å²) < 4.78 is 19.1. The minimum atomic E-state index is -0.927. The molecule has 2 aromatic rings. The summed E-state index contributed by atoms with van der Waals surface area (Å²) in [5.41, 5.74) is 7.50. The Morgan fingerprint density at radius 2 is 2.20 bits per heavy atom. The molecule has 3 rings (SSSR count). The molecule has 0 unspecified atom stereocenters. The lowest BCUT2D eigenvalue weighted by Crippen LogP contribution is -2.40. The van der Waals surface area contributed by atoms with E-state index < -0.39 is 12.1 Å². The Kier molecular flexibility index (Phi) is 4.93. The molecule has 9 heteroatoms. The summed E-state index contributed by atoms with van der Waals surface area (Å²) in [4.78, 5) is 22.0. The van der Waals surface area contributed by atoms with Gasteiger partial charge in [-0.05, 0) is 20.3 Å². The van der Waals surface area contributed by atoms with Gasteiger partial charge in [-0.2, -0.15) is 0 Å². The fraction of sp³-hybridized carbons (Fsp3) is 0.500. The number of carbonyl (C=O) groups is 1. The smallest absolute Gasteiger partial charge is 0.273 e. The predicted molar refractivity (Wildman–Crippen MR) is 88.5 cm³/mol. The maximum absolute atomic E-state index is 13.9. The van der Waals surface area contributed by atoms with E-state index in [1.54, 1.807) is 0 Å². The molecule has 0 saturated carbocycles. The maximum Gasteiger partial charge on any atom is 0.273 e. The van der Waals surface area contributed by atoms with Gasteiger partial charge in [-0.3, -0.25) is 9.69 Å². The fourth-order valence-electron chi connectivity index (χ4n) is 3.08. The number of nitrogens with two attached hydrogens (primary N) is 1. The summed E-state index contributed by atoms with van der Waals surface area (Å²) in [7, 11) is 0. The summed E-state index contributed by atoms with van der Waals surface area (Å²) in [6, 6.07) is -0.120. The number of hydrogen-bond donors (Lipinski definition) is 2. The van der Waals surface area contributed by atoms with E-state index >= 15 is 0 Å². The van der Waals surface area contributed by atoms with Crippen molar-refractivity contribution in [1.82, 2.24) is 25.3 Å². The van der Waals surface area contributed by atoms with E-state index in [2.05, 4.69) is 20.4 Å². The van der Waals surface area contributed by atoms with Crippen molar-refractivity contribution in [2.24, 2.45) is 0 Å². The summed E-state index contributed by atoms with van der Waals surface area (Å²) in [6.07, 6.45) is 2.26. The van der Waals surface area contributed by atoms with Crippen LogP contribution in [0.4, 0.5) is 10.2 Å². The van der Waals surface area contributed by atoms with Crippen molar-refractivity contribution >= 4 is 11.7 Å². The van der Waals surface area contributed by atoms with E-state index in [9.17, 15) is 9.18 Å². The highest BCUT2D eigenvalue weighted by molar-refractivity contribution is 5.96. The normalized spacial score (nSPS) is 20.8. The largest absolute Gasteiger partial charge is 0.382 e. The molecule has 1 fully saturated rings. The summed E-state index contributed by atoms with van der Waals surface area (Å²) >= 11 is 0. The minimum Gasteiger partial charge on any atom is -0.382 e. The number of anilines is 1. The van der Waals surface area contributed by atoms with Gasteiger partial charge in [0.05, 0.1) is 5.69 Å². The van der Waals surface area contributed by atoms with E-state index in [1.807, 2.05) is 18.7 Å². The van der Waals surface area contributed by atoms with Gasteiger partial charge in [0.2, 0.25) is 0 Å². The van der Waals surface area contributed by atoms with Crippen molar-refractivity contribution in [2.45, 2.75) is 39.0 Å². The van der Waals surface area contributed by atoms with Gasteiger partial charge in [-0.1, -0.05) is 5.16 Å². The molecule has 3 heterocycles. The van der Waals surface area contributed by atoms with Crippen LogP contribution in [-0.4, -0.2) is 51.2 Å². The number of carbonyl (C=O) groups excluding carboxylic acids is 1. The Labute approximate surface area is 144 Å². The number of amides is 1.